The number of nitrogens with zero attached hydrogens (tertiary/aromatic N) is 1. The van der Waals surface area contributed by atoms with Crippen LogP contribution in [0.25, 0.3) is 11.3 Å². The van der Waals surface area contributed by atoms with Gasteiger partial charge in [-0.1, -0.05) is 12.1 Å². The Bertz CT molecular complexity index is 451. The van der Waals surface area contributed by atoms with Crippen molar-refractivity contribution in [1.29, 1.82) is 0 Å². The van der Waals surface area contributed by atoms with E-state index in [-0.39, 0.29) is 5.75 Å². The third kappa shape index (κ3) is 2.07. The summed E-state index contributed by atoms with van der Waals surface area (Å²) in [5, 5.41) is 9.31. The summed E-state index contributed by atoms with van der Waals surface area (Å²) in [6.45, 7) is 0. The molecule has 15 heavy (non-hydrogen) atoms. The molecule has 0 aliphatic rings. The van der Waals surface area contributed by atoms with Gasteiger partial charge in [0.2, 0.25) is 0 Å². The first-order chi connectivity index (χ1) is 7.29. The topological polar surface area (TPSA) is 42.4 Å². The van der Waals surface area contributed by atoms with Crippen LogP contribution >= 0.6 is 0 Å². The summed E-state index contributed by atoms with van der Waals surface area (Å²) in [7, 11) is 1.58. The van der Waals surface area contributed by atoms with E-state index in [1.165, 1.54) is 0 Å². The quantitative estimate of drug-likeness (QED) is 0.808. The highest BCUT2D eigenvalue weighted by atomic mass is 16.5. The van der Waals surface area contributed by atoms with Gasteiger partial charge in [0.15, 0.2) is 0 Å². The second-order valence-electron chi connectivity index (χ2n) is 3.05. The molecule has 1 heterocycles. The van der Waals surface area contributed by atoms with Crippen LogP contribution in [0.2, 0.25) is 0 Å². The van der Waals surface area contributed by atoms with Crippen LogP contribution in [0.3, 0.4) is 0 Å². The Morgan fingerprint density at radius 2 is 2.27 bits per heavy atom. The highest BCUT2D eigenvalue weighted by Gasteiger charge is 2.00. The minimum Gasteiger partial charge on any atom is -0.508 e. The Balaban J connectivity index is 2.37. The van der Waals surface area contributed by atoms with Gasteiger partial charge in [-0.3, -0.25) is 4.98 Å². The smallest absolute Gasteiger partial charge is 0.137 e. The molecule has 0 aliphatic carbocycles. The van der Waals surface area contributed by atoms with Crippen molar-refractivity contribution in [3.8, 4) is 22.8 Å². The second kappa shape index (κ2) is 4.00. The maximum atomic E-state index is 9.31. The molecule has 0 atom stereocenters. The van der Waals surface area contributed by atoms with Gasteiger partial charge in [-0.2, -0.15) is 0 Å². The van der Waals surface area contributed by atoms with Gasteiger partial charge < -0.3 is 9.84 Å². The van der Waals surface area contributed by atoms with Crippen LogP contribution in [0.4, 0.5) is 0 Å². The first-order valence-electron chi connectivity index (χ1n) is 4.51. The molecular formula is C12H10NO2. The summed E-state index contributed by atoms with van der Waals surface area (Å²) in [4.78, 5) is 4.17. The highest BCUT2D eigenvalue weighted by molar-refractivity contribution is 5.60. The van der Waals surface area contributed by atoms with Crippen molar-refractivity contribution in [3.05, 3.63) is 42.6 Å². The lowest BCUT2D eigenvalue weighted by Gasteiger charge is -2.02. The fourth-order valence-corrected chi connectivity index (χ4v) is 1.26. The molecule has 3 heteroatoms. The molecule has 0 saturated carbocycles. The van der Waals surface area contributed by atoms with Gasteiger partial charge in [-0.05, 0) is 18.2 Å². The number of methoxy groups -OCH3 is 1. The summed E-state index contributed by atoms with van der Waals surface area (Å²) in [5.74, 6) is 0.887. The Hall–Kier alpha value is -2.03. The van der Waals surface area contributed by atoms with Crippen molar-refractivity contribution in [2.24, 2.45) is 0 Å². The SMILES string of the molecule is COc1c[c]c(-c2cccc(O)c2)nc1. The summed E-state index contributed by atoms with van der Waals surface area (Å²) in [6.07, 6.45) is 1.62. The predicted molar refractivity (Wildman–Crippen MR) is 56.7 cm³/mol. The van der Waals surface area contributed by atoms with Gasteiger partial charge in [0.05, 0.1) is 19.0 Å². The van der Waals surface area contributed by atoms with Crippen LogP contribution in [0.15, 0.2) is 36.5 Å². The second-order valence-corrected chi connectivity index (χ2v) is 3.05. The number of benzene rings is 1. The molecule has 75 valence electrons. The molecule has 0 amide bonds. The van der Waals surface area contributed by atoms with E-state index in [0.29, 0.717) is 11.4 Å². The number of pyridine rings is 1. The van der Waals surface area contributed by atoms with Crippen molar-refractivity contribution in [2.75, 3.05) is 7.11 Å². The van der Waals surface area contributed by atoms with E-state index in [2.05, 4.69) is 11.1 Å². The predicted octanol–water partition coefficient (Wildman–Crippen LogP) is 2.26. The fourth-order valence-electron chi connectivity index (χ4n) is 1.26. The monoisotopic (exact) mass is 200 g/mol. The Morgan fingerprint density at radius 1 is 1.40 bits per heavy atom. The van der Waals surface area contributed by atoms with E-state index in [9.17, 15) is 5.11 Å². The minimum atomic E-state index is 0.221. The molecular weight excluding hydrogens is 190 g/mol. The number of phenolic OH excluding ortho intramolecular Hbond substituents is 1. The average molecular weight is 200 g/mol. The van der Waals surface area contributed by atoms with Gasteiger partial charge in [0.1, 0.15) is 11.5 Å². The van der Waals surface area contributed by atoms with Crippen molar-refractivity contribution >= 4 is 0 Å². The third-order valence-corrected chi connectivity index (χ3v) is 2.03. The molecule has 1 N–H and O–H groups in total. The summed E-state index contributed by atoms with van der Waals surface area (Å²) >= 11 is 0. The maximum Gasteiger partial charge on any atom is 0.137 e. The molecule has 1 aromatic heterocycles. The van der Waals surface area contributed by atoms with Crippen molar-refractivity contribution in [1.82, 2.24) is 4.98 Å². The van der Waals surface area contributed by atoms with Gasteiger partial charge in [0, 0.05) is 11.6 Å². The number of hydrogen-bond donors (Lipinski definition) is 1. The first kappa shape index (κ1) is 9.52. The fraction of sp³-hybridized carbons (Fsp3) is 0.0833. The van der Waals surface area contributed by atoms with Crippen LogP contribution in [0.5, 0.6) is 11.5 Å². The Morgan fingerprint density at radius 3 is 2.87 bits per heavy atom. The van der Waals surface area contributed by atoms with Crippen molar-refractivity contribution in [2.45, 2.75) is 0 Å². The lowest BCUT2D eigenvalue weighted by molar-refractivity contribution is 0.413. The summed E-state index contributed by atoms with van der Waals surface area (Å²) in [5.41, 5.74) is 1.52. The molecule has 0 spiro atoms. The minimum absolute atomic E-state index is 0.221. The number of hydrogen-bond acceptors (Lipinski definition) is 3. The van der Waals surface area contributed by atoms with Crippen molar-refractivity contribution < 1.29 is 9.84 Å². The number of aromatic hydroxyl groups is 1. The van der Waals surface area contributed by atoms with E-state index >= 15 is 0 Å². The maximum absolute atomic E-state index is 9.31. The number of phenols is 1. The van der Waals surface area contributed by atoms with Gasteiger partial charge >= 0.3 is 0 Å². The van der Waals surface area contributed by atoms with E-state index in [1.54, 1.807) is 37.6 Å². The van der Waals surface area contributed by atoms with E-state index in [1.807, 2.05) is 6.07 Å². The molecule has 0 bridgehead atoms. The molecule has 0 fully saturated rings. The number of aromatic nitrogens is 1. The largest absolute Gasteiger partial charge is 0.508 e. The average Bonchev–Trinajstić information content (AvgIpc) is 2.29. The van der Waals surface area contributed by atoms with Gasteiger partial charge in [-0.25, -0.2) is 0 Å². The molecule has 3 nitrogen and oxygen atoms in total. The zero-order chi connectivity index (χ0) is 10.7. The first-order valence-corrected chi connectivity index (χ1v) is 4.51. The summed E-state index contributed by atoms with van der Waals surface area (Å²) < 4.78 is 4.99. The number of ether oxygens (including phenoxy) is 1. The molecule has 0 aliphatic heterocycles. The van der Waals surface area contributed by atoms with E-state index in [0.717, 1.165) is 5.56 Å². The molecule has 1 radical (unpaired) electrons. The van der Waals surface area contributed by atoms with E-state index < -0.39 is 0 Å². The van der Waals surface area contributed by atoms with Gasteiger partial charge in [0.25, 0.3) is 0 Å². The molecule has 0 saturated heterocycles. The normalized spacial score (nSPS) is 9.93. The molecule has 2 aromatic rings. The van der Waals surface area contributed by atoms with Crippen molar-refractivity contribution in [3.63, 3.8) is 0 Å². The van der Waals surface area contributed by atoms with Crippen LogP contribution in [0.1, 0.15) is 0 Å². The van der Waals surface area contributed by atoms with Crippen LogP contribution in [-0.2, 0) is 0 Å². The zero-order valence-electron chi connectivity index (χ0n) is 8.27. The summed E-state index contributed by atoms with van der Waals surface area (Å²) in [6, 6.07) is 11.6. The van der Waals surface area contributed by atoms with E-state index in [4.69, 9.17) is 4.74 Å². The third-order valence-electron chi connectivity index (χ3n) is 2.03. The lowest BCUT2D eigenvalue weighted by Crippen LogP contribution is -1.86. The van der Waals surface area contributed by atoms with Crippen LogP contribution < -0.4 is 4.74 Å². The number of rotatable bonds is 2. The van der Waals surface area contributed by atoms with Crippen LogP contribution in [-0.4, -0.2) is 17.2 Å². The van der Waals surface area contributed by atoms with Crippen LogP contribution in [0, 0.1) is 6.07 Å². The molecule has 0 unspecified atom stereocenters. The standard InChI is InChI=1S/C12H10NO2/c1-15-11-5-6-12(13-8-11)9-3-2-4-10(14)7-9/h2-5,7-8,14H,1H3. The Labute approximate surface area is 88.0 Å². The lowest BCUT2D eigenvalue weighted by atomic mass is 10.1. The Kier molecular flexibility index (Phi) is 2.54. The molecule has 1 aromatic carbocycles. The highest BCUT2D eigenvalue weighted by Crippen LogP contribution is 2.22. The van der Waals surface area contributed by atoms with Gasteiger partial charge in [-0.15, -0.1) is 0 Å². The molecule has 2 rings (SSSR count). The zero-order valence-corrected chi connectivity index (χ0v) is 8.27.